The van der Waals surface area contributed by atoms with Crippen LogP contribution in [0.15, 0.2) is 42.5 Å². The van der Waals surface area contributed by atoms with Crippen molar-refractivity contribution in [2.45, 2.75) is 20.0 Å². The molecular formula is C23H25N3O8. The van der Waals surface area contributed by atoms with E-state index in [1.54, 1.807) is 13.8 Å². The van der Waals surface area contributed by atoms with E-state index in [2.05, 4.69) is 5.32 Å². The van der Waals surface area contributed by atoms with E-state index >= 15 is 0 Å². The van der Waals surface area contributed by atoms with Gasteiger partial charge in [-0.25, -0.2) is 9.59 Å². The molecule has 1 amide bonds. The standard InChI is InChI=1S/C23H25N3O8/c1-15(2)34-23(29)16-3-6-18(7-4-16)24-21(27)14-33-22(28)17-5-8-19(20(13-17)26(30)31)25-9-11-32-12-10-25/h3-8,13,15H,9-12,14H2,1-2H3,(H,24,27). The first kappa shape index (κ1) is 24.6. The SMILES string of the molecule is CC(C)OC(=O)c1ccc(NC(=O)COC(=O)c2ccc(N3CCOCC3)c([N+](=O)[O-])c2)cc1. The van der Waals surface area contributed by atoms with Crippen LogP contribution in [0, 0.1) is 10.1 Å². The highest BCUT2D eigenvalue weighted by Gasteiger charge is 2.24. The second kappa shape index (κ2) is 11.2. The van der Waals surface area contributed by atoms with Crippen LogP contribution in [0.4, 0.5) is 17.1 Å². The summed E-state index contributed by atoms with van der Waals surface area (Å²) in [5, 5.41) is 14.1. The molecule has 0 aliphatic carbocycles. The Kier molecular flexibility index (Phi) is 8.14. The fraction of sp³-hybridized carbons (Fsp3) is 0.348. The summed E-state index contributed by atoms with van der Waals surface area (Å²) in [6, 6.07) is 10.1. The molecule has 2 aromatic carbocycles. The lowest BCUT2D eigenvalue weighted by Crippen LogP contribution is -2.36. The van der Waals surface area contributed by atoms with Crippen molar-refractivity contribution in [3.05, 3.63) is 63.7 Å². The van der Waals surface area contributed by atoms with Gasteiger partial charge in [0.1, 0.15) is 5.69 Å². The number of morpholine rings is 1. The molecule has 1 N–H and O–H groups in total. The van der Waals surface area contributed by atoms with Crippen LogP contribution in [-0.4, -0.2) is 61.8 Å². The fourth-order valence-corrected chi connectivity index (χ4v) is 3.25. The summed E-state index contributed by atoms with van der Waals surface area (Å²) in [5.74, 6) is -1.95. The third kappa shape index (κ3) is 6.51. The van der Waals surface area contributed by atoms with Gasteiger partial charge in [-0.3, -0.25) is 14.9 Å². The molecule has 0 radical (unpaired) electrons. The summed E-state index contributed by atoms with van der Waals surface area (Å²) in [5.41, 5.74) is 0.859. The van der Waals surface area contributed by atoms with Crippen LogP contribution in [0.3, 0.4) is 0 Å². The maximum atomic E-state index is 12.4. The number of hydrogen-bond donors (Lipinski definition) is 1. The van der Waals surface area contributed by atoms with Crippen LogP contribution in [0.5, 0.6) is 0 Å². The third-order valence-corrected chi connectivity index (χ3v) is 4.84. The Morgan fingerprint density at radius 3 is 2.32 bits per heavy atom. The largest absolute Gasteiger partial charge is 0.459 e. The molecule has 180 valence electrons. The van der Waals surface area contributed by atoms with Crippen LogP contribution < -0.4 is 10.2 Å². The maximum absolute atomic E-state index is 12.4. The normalized spacial score (nSPS) is 13.3. The van der Waals surface area contributed by atoms with Gasteiger partial charge in [0.25, 0.3) is 11.6 Å². The minimum absolute atomic E-state index is 0.0375. The van der Waals surface area contributed by atoms with Crippen LogP contribution in [-0.2, 0) is 19.0 Å². The number of carbonyl (C=O) groups is 3. The molecule has 0 bridgehead atoms. The van der Waals surface area contributed by atoms with E-state index in [0.717, 1.165) is 6.07 Å². The second-order valence-electron chi connectivity index (χ2n) is 7.72. The number of carbonyl (C=O) groups excluding carboxylic acids is 3. The van der Waals surface area contributed by atoms with Gasteiger partial charge in [0.2, 0.25) is 0 Å². The Labute approximate surface area is 195 Å². The molecule has 34 heavy (non-hydrogen) atoms. The molecule has 0 saturated carbocycles. The zero-order chi connectivity index (χ0) is 24.7. The molecule has 3 rings (SSSR count). The topological polar surface area (TPSA) is 137 Å². The summed E-state index contributed by atoms with van der Waals surface area (Å²) >= 11 is 0. The van der Waals surface area contributed by atoms with Gasteiger partial charge in [0.05, 0.1) is 35.4 Å². The predicted octanol–water partition coefficient (Wildman–Crippen LogP) is 2.79. The molecule has 0 spiro atoms. The van der Waals surface area contributed by atoms with E-state index in [1.165, 1.54) is 36.4 Å². The first-order valence-corrected chi connectivity index (χ1v) is 10.6. The van der Waals surface area contributed by atoms with Gasteiger partial charge >= 0.3 is 11.9 Å². The van der Waals surface area contributed by atoms with Gasteiger partial charge in [-0.15, -0.1) is 0 Å². The van der Waals surface area contributed by atoms with Crippen molar-refractivity contribution >= 4 is 34.9 Å². The molecule has 11 heteroatoms. The van der Waals surface area contributed by atoms with Crippen LogP contribution in [0.25, 0.3) is 0 Å². The van der Waals surface area contributed by atoms with Crippen molar-refractivity contribution in [1.29, 1.82) is 0 Å². The molecule has 11 nitrogen and oxygen atoms in total. The zero-order valence-corrected chi connectivity index (χ0v) is 18.8. The first-order valence-electron chi connectivity index (χ1n) is 10.6. The number of nitro groups is 1. The summed E-state index contributed by atoms with van der Waals surface area (Å²) in [7, 11) is 0. The number of rotatable bonds is 8. The third-order valence-electron chi connectivity index (χ3n) is 4.84. The number of amides is 1. The number of nitrogens with zero attached hydrogens (tertiary/aromatic N) is 2. The highest BCUT2D eigenvalue weighted by Crippen LogP contribution is 2.30. The minimum Gasteiger partial charge on any atom is -0.459 e. The smallest absolute Gasteiger partial charge is 0.338 e. The molecule has 1 heterocycles. The average molecular weight is 471 g/mol. The Hall–Kier alpha value is -3.99. The number of nitro benzene ring substituents is 1. The number of ether oxygens (including phenoxy) is 3. The Balaban J connectivity index is 1.57. The van der Waals surface area contributed by atoms with Gasteiger partial charge in [-0.1, -0.05) is 0 Å². The van der Waals surface area contributed by atoms with Gasteiger partial charge in [0.15, 0.2) is 6.61 Å². The molecule has 2 aromatic rings. The van der Waals surface area contributed by atoms with E-state index in [-0.39, 0.29) is 17.4 Å². The van der Waals surface area contributed by atoms with E-state index in [0.29, 0.717) is 43.2 Å². The minimum atomic E-state index is -0.862. The fourth-order valence-electron chi connectivity index (χ4n) is 3.25. The summed E-state index contributed by atoms with van der Waals surface area (Å²) in [6.07, 6.45) is -0.251. The maximum Gasteiger partial charge on any atom is 0.338 e. The lowest BCUT2D eigenvalue weighted by atomic mass is 10.1. The predicted molar refractivity (Wildman–Crippen MR) is 122 cm³/mol. The van der Waals surface area contributed by atoms with Crippen LogP contribution >= 0.6 is 0 Å². The van der Waals surface area contributed by atoms with Crippen molar-refractivity contribution in [3.8, 4) is 0 Å². The summed E-state index contributed by atoms with van der Waals surface area (Å²) in [6.45, 7) is 4.82. The van der Waals surface area contributed by atoms with Crippen LogP contribution in [0.2, 0.25) is 0 Å². The van der Waals surface area contributed by atoms with Crippen molar-refractivity contribution in [1.82, 2.24) is 0 Å². The molecule has 1 aliphatic rings. The lowest BCUT2D eigenvalue weighted by Gasteiger charge is -2.28. The van der Waals surface area contributed by atoms with Gasteiger partial charge in [-0.05, 0) is 50.2 Å². The highest BCUT2D eigenvalue weighted by atomic mass is 16.6. The lowest BCUT2D eigenvalue weighted by molar-refractivity contribution is -0.384. The molecule has 1 aliphatic heterocycles. The van der Waals surface area contributed by atoms with E-state index in [1.807, 2.05) is 4.90 Å². The van der Waals surface area contributed by atoms with Crippen molar-refractivity contribution in [3.63, 3.8) is 0 Å². The summed E-state index contributed by atoms with van der Waals surface area (Å²) < 4.78 is 15.4. The molecule has 1 fully saturated rings. The Morgan fingerprint density at radius 1 is 1.06 bits per heavy atom. The van der Waals surface area contributed by atoms with E-state index < -0.39 is 29.4 Å². The molecule has 1 saturated heterocycles. The zero-order valence-electron chi connectivity index (χ0n) is 18.8. The monoisotopic (exact) mass is 471 g/mol. The quantitative estimate of drug-likeness (QED) is 0.350. The number of nitrogens with one attached hydrogen (secondary N) is 1. The van der Waals surface area contributed by atoms with Crippen LogP contribution in [0.1, 0.15) is 34.6 Å². The number of hydrogen-bond acceptors (Lipinski definition) is 9. The van der Waals surface area contributed by atoms with E-state index in [4.69, 9.17) is 14.2 Å². The highest BCUT2D eigenvalue weighted by molar-refractivity contribution is 5.97. The molecular weight excluding hydrogens is 446 g/mol. The summed E-state index contributed by atoms with van der Waals surface area (Å²) in [4.78, 5) is 49.2. The van der Waals surface area contributed by atoms with Gasteiger partial charge < -0.3 is 24.4 Å². The second-order valence-corrected chi connectivity index (χ2v) is 7.72. The van der Waals surface area contributed by atoms with Crippen molar-refractivity contribution in [2.24, 2.45) is 0 Å². The Bertz CT molecular complexity index is 1060. The molecule has 0 unspecified atom stereocenters. The van der Waals surface area contributed by atoms with Gasteiger partial charge in [-0.2, -0.15) is 0 Å². The molecule has 0 aromatic heterocycles. The number of esters is 2. The number of benzene rings is 2. The van der Waals surface area contributed by atoms with Crippen molar-refractivity contribution in [2.75, 3.05) is 43.1 Å². The molecule has 0 atom stereocenters. The van der Waals surface area contributed by atoms with E-state index in [9.17, 15) is 24.5 Å². The number of anilines is 2. The average Bonchev–Trinajstić information content (AvgIpc) is 2.82. The first-order chi connectivity index (χ1) is 16.2. The van der Waals surface area contributed by atoms with Gasteiger partial charge in [0, 0.05) is 24.8 Å². The van der Waals surface area contributed by atoms with Crippen molar-refractivity contribution < 1.29 is 33.5 Å². The Morgan fingerprint density at radius 2 is 1.71 bits per heavy atom.